The third-order valence-electron chi connectivity index (χ3n) is 3.68. The molecule has 0 saturated carbocycles. The normalized spacial score (nSPS) is 18.3. The van der Waals surface area contributed by atoms with Crippen LogP contribution in [-0.4, -0.2) is 11.6 Å². The number of carbonyl (C=O) groups is 1. The molecule has 2 heteroatoms. The summed E-state index contributed by atoms with van der Waals surface area (Å²) in [6.45, 7) is 9.29. The number of rotatable bonds is 3. The molecule has 2 nitrogen and oxygen atoms in total. The van der Waals surface area contributed by atoms with Crippen LogP contribution >= 0.6 is 0 Å². The minimum atomic E-state index is -0.483. The van der Waals surface area contributed by atoms with E-state index in [-0.39, 0.29) is 11.9 Å². The lowest BCUT2D eigenvalue weighted by atomic mass is 9.85. The fraction of sp³-hybridized carbons (Fsp3) is 0.438. The number of esters is 1. The van der Waals surface area contributed by atoms with E-state index < -0.39 is 5.60 Å². The van der Waals surface area contributed by atoms with Crippen LogP contribution in [0.3, 0.4) is 0 Å². The summed E-state index contributed by atoms with van der Waals surface area (Å²) in [5.41, 5.74) is 2.66. The molecule has 1 unspecified atom stereocenters. The highest BCUT2D eigenvalue weighted by Gasteiger charge is 2.38. The van der Waals surface area contributed by atoms with Crippen molar-refractivity contribution >= 4 is 5.97 Å². The highest BCUT2D eigenvalue weighted by molar-refractivity contribution is 5.87. The molecule has 1 aromatic rings. The van der Waals surface area contributed by atoms with Crippen LogP contribution in [0, 0.1) is 0 Å². The van der Waals surface area contributed by atoms with Crippen LogP contribution in [0.5, 0.6) is 0 Å². The first kappa shape index (κ1) is 12.9. The summed E-state index contributed by atoms with van der Waals surface area (Å²) in [7, 11) is 0. The predicted octanol–water partition coefficient (Wildman–Crippen LogP) is 3.61. The smallest absolute Gasteiger partial charge is 0.333 e. The molecule has 0 aliphatic heterocycles. The van der Waals surface area contributed by atoms with Crippen LogP contribution in [0.15, 0.2) is 36.4 Å². The Morgan fingerprint density at radius 3 is 2.72 bits per heavy atom. The largest absolute Gasteiger partial charge is 0.456 e. The highest BCUT2D eigenvalue weighted by atomic mass is 16.6. The SMILES string of the molecule is C=C(C)C(=O)OC(C)(C)C1CCc2ccccc21. The average molecular weight is 244 g/mol. The van der Waals surface area contributed by atoms with Crippen molar-refractivity contribution in [3.8, 4) is 0 Å². The number of carbonyl (C=O) groups excluding carboxylic acids is 1. The van der Waals surface area contributed by atoms with Gasteiger partial charge in [0.2, 0.25) is 0 Å². The number of hydrogen-bond donors (Lipinski definition) is 0. The van der Waals surface area contributed by atoms with E-state index in [0.29, 0.717) is 5.57 Å². The molecule has 18 heavy (non-hydrogen) atoms. The molecular formula is C16H20O2. The Bertz CT molecular complexity index is 486. The second-order valence-corrected chi connectivity index (χ2v) is 5.56. The molecule has 1 aliphatic carbocycles. The molecule has 0 fully saturated rings. The van der Waals surface area contributed by atoms with Crippen LogP contribution in [0.4, 0.5) is 0 Å². The van der Waals surface area contributed by atoms with E-state index in [9.17, 15) is 4.79 Å². The van der Waals surface area contributed by atoms with Crippen LogP contribution in [0.1, 0.15) is 44.2 Å². The second kappa shape index (κ2) is 4.60. The third-order valence-corrected chi connectivity index (χ3v) is 3.68. The summed E-state index contributed by atoms with van der Waals surface area (Å²) in [4.78, 5) is 11.7. The van der Waals surface area contributed by atoms with E-state index in [1.165, 1.54) is 11.1 Å². The van der Waals surface area contributed by atoms with E-state index in [4.69, 9.17) is 4.74 Å². The average Bonchev–Trinajstić information content (AvgIpc) is 2.72. The Hall–Kier alpha value is -1.57. The quantitative estimate of drug-likeness (QED) is 0.599. The Morgan fingerprint density at radius 1 is 1.39 bits per heavy atom. The molecule has 0 heterocycles. The van der Waals surface area contributed by atoms with Crippen molar-refractivity contribution in [1.29, 1.82) is 0 Å². The van der Waals surface area contributed by atoms with E-state index in [0.717, 1.165) is 12.8 Å². The van der Waals surface area contributed by atoms with Crippen molar-refractivity contribution in [3.05, 3.63) is 47.5 Å². The lowest BCUT2D eigenvalue weighted by Gasteiger charge is -2.32. The van der Waals surface area contributed by atoms with Crippen LogP contribution < -0.4 is 0 Å². The minimum Gasteiger partial charge on any atom is -0.456 e. The molecule has 0 saturated heterocycles. The summed E-state index contributed by atoms with van der Waals surface area (Å²) in [6, 6.07) is 8.41. The van der Waals surface area contributed by atoms with Gasteiger partial charge in [0.15, 0.2) is 0 Å². The summed E-state index contributed by atoms with van der Waals surface area (Å²) in [6.07, 6.45) is 2.10. The van der Waals surface area contributed by atoms with Gasteiger partial charge in [0.25, 0.3) is 0 Å². The summed E-state index contributed by atoms with van der Waals surface area (Å²) < 4.78 is 5.60. The molecule has 0 bridgehead atoms. The highest BCUT2D eigenvalue weighted by Crippen LogP contribution is 2.42. The Balaban J connectivity index is 2.22. The van der Waals surface area contributed by atoms with Crippen LogP contribution in [0.2, 0.25) is 0 Å². The summed E-state index contributed by atoms with van der Waals surface area (Å²) in [5, 5.41) is 0. The Kier molecular flexibility index (Phi) is 3.29. The predicted molar refractivity (Wildman–Crippen MR) is 72.5 cm³/mol. The van der Waals surface area contributed by atoms with E-state index in [1.807, 2.05) is 19.9 Å². The lowest BCUT2D eigenvalue weighted by molar-refractivity contribution is -0.153. The fourth-order valence-electron chi connectivity index (χ4n) is 2.68. The molecule has 0 amide bonds. The molecule has 0 radical (unpaired) electrons. The molecule has 1 aromatic carbocycles. The number of aryl methyl sites for hydroxylation is 1. The van der Waals surface area contributed by atoms with Gasteiger partial charge in [-0.05, 0) is 44.7 Å². The number of hydrogen-bond acceptors (Lipinski definition) is 2. The Labute approximate surface area is 109 Å². The van der Waals surface area contributed by atoms with Gasteiger partial charge < -0.3 is 4.74 Å². The van der Waals surface area contributed by atoms with E-state index in [1.54, 1.807) is 6.92 Å². The van der Waals surface area contributed by atoms with Crippen molar-refractivity contribution in [1.82, 2.24) is 0 Å². The van der Waals surface area contributed by atoms with Crippen LogP contribution in [0.25, 0.3) is 0 Å². The zero-order valence-corrected chi connectivity index (χ0v) is 11.3. The van der Waals surface area contributed by atoms with Gasteiger partial charge in [-0.25, -0.2) is 4.79 Å². The number of benzene rings is 1. The first-order valence-electron chi connectivity index (χ1n) is 6.38. The van der Waals surface area contributed by atoms with Crippen molar-refractivity contribution in [2.45, 2.75) is 45.1 Å². The molecule has 0 aromatic heterocycles. The van der Waals surface area contributed by atoms with Crippen molar-refractivity contribution < 1.29 is 9.53 Å². The molecule has 0 N–H and O–H groups in total. The van der Waals surface area contributed by atoms with Gasteiger partial charge in [-0.2, -0.15) is 0 Å². The van der Waals surface area contributed by atoms with Gasteiger partial charge in [0, 0.05) is 11.5 Å². The zero-order chi connectivity index (χ0) is 13.3. The van der Waals surface area contributed by atoms with Gasteiger partial charge in [-0.15, -0.1) is 0 Å². The standard InChI is InChI=1S/C16H20O2/c1-11(2)15(17)18-16(3,4)14-10-9-12-7-5-6-8-13(12)14/h5-8,14H,1,9-10H2,2-4H3. The first-order valence-corrected chi connectivity index (χ1v) is 6.38. The number of fused-ring (bicyclic) bond motifs is 1. The van der Waals surface area contributed by atoms with Gasteiger partial charge in [0.1, 0.15) is 5.60 Å². The number of ether oxygens (including phenoxy) is 1. The monoisotopic (exact) mass is 244 g/mol. The van der Waals surface area contributed by atoms with Crippen LogP contribution in [-0.2, 0) is 16.0 Å². The topological polar surface area (TPSA) is 26.3 Å². The maximum absolute atomic E-state index is 11.7. The molecule has 96 valence electrons. The fourth-order valence-corrected chi connectivity index (χ4v) is 2.68. The van der Waals surface area contributed by atoms with Crippen molar-refractivity contribution in [2.24, 2.45) is 0 Å². The Morgan fingerprint density at radius 2 is 2.06 bits per heavy atom. The van der Waals surface area contributed by atoms with Crippen molar-refractivity contribution in [3.63, 3.8) is 0 Å². The molecule has 2 rings (SSSR count). The van der Waals surface area contributed by atoms with E-state index >= 15 is 0 Å². The van der Waals surface area contributed by atoms with Crippen molar-refractivity contribution in [2.75, 3.05) is 0 Å². The zero-order valence-electron chi connectivity index (χ0n) is 11.3. The lowest BCUT2D eigenvalue weighted by Crippen LogP contribution is -2.34. The molecule has 0 spiro atoms. The maximum Gasteiger partial charge on any atom is 0.333 e. The summed E-state index contributed by atoms with van der Waals surface area (Å²) in [5.74, 6) is -0.0265. The van der Waals surface area contributed by atoms with Gasteiger partial charge in [-0.3, -0.25) is 0 Å². The third kappa shape index (κ3) is 2.33. The first-order chi connectivity index (χ1) is 8.42. The molecular weight excluding hydrogens is 224 g/mol. The molecule has 1 atom stereocenters. The van der Waals surface area contributed by atoms with Gasteiger partial charge >= 0.3 is 5.97 Å². The summed E-state index contributed by atoms with van der Waals surface area (Å²) >= 11 is 0. The maximum atomic E-state index is 11.7. The van der Waals surface area contributed by atoms with E-state index in [2.05, 4.69) is 24.8 Å². The molecule has 1 aliphatic rings. The van der Waals surface area contributed by atoms with Gasteiger partial charge in [0.05, 0.1) is 0 Å². The minimum absolute atomic E-state index is 0.275. The second-order valence-electron chi connectivity index (χ2n) is 5.56. The van der Waals surface area contributed by atoms with Gasteiger partial charge in [-0.1, -0.05) is 30.8 Å².